The first kappa shape index (κ1) is 19.4. The van der Waals surface area contributed by atoms with E-state index >= 15 is 0 Å². The summed E-state index contributed by atoms with van der Waals surface area (Å²) < 4.78 is 0. The summed E-state index contributed by atoms with van der Waals surface area (Å²) in [6.07, 6.45) is 2.33. The molecule has 0 bridgehead atoms. The maximum absolute atomic E-state index is 12.9. The normalized spacial score (nSPS) is 16.7. The molecule has 2 fully saturated rings. The van der Waals surface area contributed by atoms with Crippen LogP contribution in [-0.4, -0.2) is 53.0 Å². The Morgan fingerprint density at radius 1 is 0.933 bits per heavy atom. The molecule has 0 unspecified atom stereocenters. The fourth-order valence-electron chi connectivity index (χ4n) is 3.69. The number of benzene rings is 2. The van der Waals surface area contributed by atoms with Gasteiger partial charge in [-0.25, -0.2) is 9.97 Å². The topological polar surface area (TPSA) is 61.4 Å². The third kappa shape index (κ3) is 3.77. The zero-order chi connectivity index (χ0) is 20.7. The molecule has 0 spiro atoms. The summed E-state index contributed by atoms with van der Waals surface area (Å²) >= 11 is 12.3. The largest absolute Gasteiger partial charge is 0.364 e. The molecule has 2 heterocycles. The van der Waals surface area contributed by atoms with Gasteiger partial charge in [-0.05, 0) is 37.1 Å². The third-order valence-electron chi connectivity index (χ3n) is 5.52. The van der Waals surface area contributed by atoms with Crippen LogP contribution in [0.2, 0.25) is 10.0 Å². The second kappa shape index (κ2) is 7.93. The Balaban J connectivity index is 1.36. The highest BCUT2D eigenvalue weighted by molar-refractivity contribution is 6.43. The van der Waals surface area contributed by atoms with Crippen molar-refractivity contribution in [3.63, 3.8) is 0 Å². The van der Waals surface area contributed by atoms with Crippen LogP contribution >= 0.6 is 23.2 Å². The summed E-state index contributed by atoms with van der Waals surface area (Å²) in [6, 6.07) is 13.5. The maximum Gasteiger partial charge on any atom is 0.255 e. The highest BCUT2D eigenvalue weighted by Gasteiger charge is 2.28. The van der Waals surface area contributed by atoms with Gasteiger partial charge in [-0.2, -0.15) is 0 Å². The molecule has 1 aliphatic heterocycles. The first-order chi connectivity index (χ1) is 14.6. The molecule has 8 heteroatoms. The molecule has 2 aromatic carbocycles. The van der Waals surface area contributed by atoms with Crippen molar-refractivity contribution in [3.05, 3.63) is 58.1 Å². The number of carbonyl (C=O) groups excluding carboxylic acids is 1. The molecule has 1 saturated heterocycles. The number of rotatable bonds is 4. The Labute approximate surface area is 184 Å². The van der Waals surface area contributed by atoms with Gasteiger partial charge in [-0.3, -0.25) is 4.79 Å². The van der Waals surface area contributed by atoms with Crippen molar-refractivity contribution < 1.29 is 4.79 Å². The molecule has 0 radical (unpaired) electrons. The molecule has 30 heavy (non-hydrogen) atoms. The number of nitrogens with zero attached hydrogens (tertiary/aromatic N) is 4. The lowest BCUT2D eigenvalue weighted by atomic mass is 10.1. The number of para-hydroxylation sites is 2. The van der Waals surface area contributed by atoms with Crippen LogP contribution in [0.5, 0.6) is 0 Å². The second-order valence-corrected chi connectivity index (χ2v) is 8.47. The van der Waals surface area contributed by atoms with Gasteiger partial charge in [0.1, 0.15) is 0 Å². The van der Waals surface area contributed by atoms with E-state index in [0.717, 1.165) is 35.5 Å². The second-order valence-electron chi connectivity index (χ2n) is 7.68. The van der Waals surface area contributed by atoms with Crippen LogP contribution in [0, 0.1) is 0 Å². The molecule has 1 aromatic heterocycles. The summed E-state index contributed by atoms with van der Waals surface area (Å²) in [5.41, 5.74) is 2.20. The van der Waals surface area contributed by atoms with Gasteiger partial charge in [0.05, 0.1) is 26.6 Å². The smallest absolute Gasteiger partial charge is 0.255 e. The van der Waals surface area contributed by atoms with Crippen LogP contribution in [0.25, 0.3) is 11.0 Å². The molecule has 0 atom stereocenters. The van der Waals surface area contributed by atoms with Crippen molar-refractivity contribution >= 4 is 51.8 Å². The van der Waals surface area contributed by atoms with Crippen molar-refractivity contribution in [2.45, 2.75) is 18.9 Å². The minimum Gasteiger partial charge on any atom is -0.364 e. The number of hydrogen-bond acceptors (Lipinski definition) is 5. The van der Waals surface area contributed by atoms with Gasteiger partial charge >= 0.3 is 0 Å². The highest BCUT2D eigenvalue weighted by atomic mass is 35.5. The lowest BCUT2D eigenvalue weighted by molar-refractivity contribution is 0.0747. The van der Waals surface area contributed by atoms with Crippen LogP contribution in [-0.2, 0) is 0 Å². The number of nitrogens with one attached hydrogen (secondary N) is 1. The van der Waals surface area contributed by atoms with Gasteiger partial charge < -0.3 is 15.1 Å². The number of aromatic nitrogens is 2. The molecule has 1 amide bonds. The Bertz CT molecular complexity index is 1110. The first-order valence-corrected chi connectivity index (χ1v) is 10.9. The fourth-order valence-corrected chi connectivity index (χ4v) is 4.07. The summed E-state index contributed by atoms with van der Waals surface area (Å²) in [5.74, 6) is 1.59. The molecule has 5 rings (SSSR count). The summed E-state index contributed by atoms with van der Waals surface area (Å²) in [7, 11) is 0. The van der Waals surface area contributed by atoms with E-state index in [1.807, 2.05) is 29.2 Å². The van der Waals surface area contributed by atoms with Crippen molar-refractivity contribution in [3.8, 4) is 0 Å². The molecule has 6 nitrogen and oxygen atoms in total. The van der Waals surface area contributed by atoms with E-state index < -0.39 is 0 Å². The van der Waals surface area contributed by atoms with Gasteiger partial charge in [0.2, 0.25) is 0 Å². The van der Waals surface area contributed by atoms with Gasteiger partial charge in [0.25, 0.3) is 5.91 Å². The maximum atomic E-state index is 12.9. The summed E-state index contributed by atoms with van der Waals surface area (Å²) in [6.45, 7) is 2.52. The van der Waals surface area contributed by atoms with Crippen molar-refractivity contribution in [2.75, 3.05) is 36.4 Å². The number of piperazine rings is 1. The van der Waals surface area contributed by atoms with Crippen molar-refractivity contribution in [1.29, 1.82) is 0 Å². The lowest BCUT2D eigenvalue weighted by Gasteiger charge is -2.36. The van der Waals surface area contributed by atoms with Gasteiger partial charge in [-0.15, -0.1) is 0 Å². The highest BCUT2D eigenvalue weighted by Crippen LogP contribution is 2.32. The molecular formula is C22H21Cl2N5O. The van der Waals surface area contributed by atoms with E-state index in [4.69, 9.17) is 33.2 Å². The van der Waals surface area contributed by atoms with E-state index in [1.54, 1.807) is 18.2 Å². The Kier molecular flexibility index (Phi) is 5.13. The standard InChI is InChI=1S/C22H21Cl2N5O/c23-16-5-3-4-15(19(16)24)22(30)29-12-10-28(11-13-29)21-20(25-14-8-9-14)26-17-6-1-2-7-18(17)27-21/h1-7,14H,8-13H2,(H,25,26). The number of halogens is 2. The number of fused-ring (bicyclic) bond motifs is 1. The van der Waals surface area contributed by atoms with E-state index in [-0.39, 0.29) is 5.91 Å². The van der Waals surface area contributed by atoms with E-state index in [1.165, 1.54) is 0 Å². The van der Waals surface area contributed by atoms with Gasteiger partial charge in [0.15, 0.2) is 11.6 Å². The quantitative estimate of drug-likeness (QED) is 0.646. The van der Waals surface area contributed by atoms with Crippen LogP contribution in [0.4, 0.5) is 11.6 Å². The molecule has 1 N–H and O–H groups in total. The molecule has 1 aliphatic carbocycles. The third-order valence-corrected chi connectivity index (χ3v) is 6.34. The number of hydrogen-bond donors (Lipinski definition) is 1. The van der Waals surface area contributed by atoms with Crippen molar-refractivity contribution in [2.24, 2.45) is 0 Å². The number of amides is 1. The molecule has 2 aliphatic rings. The minimum atomic E-state index is -0.0944. The SMILES string of the molecule is O=C(c1cccc(Cl)c1Cl)N1CCN(c2nc3ccccc3nc2NC2CC2)CC1. The van der Waals surface area contributed by atoms with Crippen LogP contribution in [0.1, 0.15) is 23.2 Å². The van der Waals surface area contributed by atoms with Gasteiger partial charge in [0, 0.05) is 32.2 Å². The number of anilines is 2. The Morgan fingerprint density at radius 2 is 1.63 bits per heavy atom. The first-order valence-electron chi connectivity index (χ1n) is 10.1. The predicted octanol–water partition coefficient (Wildman–Crippen LogP) is 4.47. The molecule has 1 saturated carbocycles. The average molecular weight is 442 g/mol. The van der Waals surface area contributed by atoms with E-state index in [9.17, 15) is 4.79 Å². The zero-order valence-electron chi connectivity index (χ0n) is 16.3. The Morgan fingerprint density at radius 3 is 2.33 bits per heavy atom. The summed E-state index contributed by atoms with van der Waals surface area (Å²) in [4.78, 5) is 26.7. The van der Waals surface area contributed by atoms with Crippen LogP contribution in [0.15, 0.2) is 42.5 Å². The monoisotopic (exact) mass is 441 g/mol. The zero-order valence-corrected chi connectivity index (χ0v) is 17.8. The fraction of sp³-hybridized carbons (Fsp3) is 0.318. The predicted molar refractivity (Wildman–Crippen MR) is 121 cm³/mol. The van der Waals surface area contributed by atoms with E-state index in [0.29, 0.717) is 47.8 Å². The minimum absolute atomic E-state index is 0.0944. The summed E-state index contributed by atoms with van der Waals surface area (Å²) in [5, 5.41) is 4.22. The lowest BCUT2D eigenvalue weighted by Crippen LogP contribution is -2.49. The van der Waals surface area contributed by atoms with Gasteiger partial charge in [-0.1, -0.05) is 41.4 Å². The van der Waals surface area contributed by atoms with Crippen LogP contribution < -0.4 is 10.2 Å². The van der Waals surface area contributed by atoms with Crippen molar-refractivity contribution in [1.82, 2.24) is 14.9 Å². The average Bonchev–Trinajstić information content (AvgIpc) is 3.59. The Hall–Kier alpha value is -2.57. The van der Waals surface area contributed by atoms with E-state index in [2.05, 4.69) is 10.2 Å². The van der Waals surface area contributed by atoms with Crippen LogP contribution in [0.3, 0.4) is 0 Å². The molecule has 154 valence electrons. The molecular weight excluding hydrogens is 421 g/mol. The molecule has 3 aromatic rings. The number of carbonyl (C=O) groups is 1.